The number of methoxy groups -OCH3 is 1. The lowest BCUT2D eigenvalue weighted by atomic mass is 9.86. The van der Waals surface area contributed by atoms with Crippen molar-refractivity contribution in [2.45, 2.75) is 69.9 Å². The van der Waals surface area contributed by atoms with Crippen LogP contribution in [0.25, 0.3) is 11.4 Å². The Labute approximate surface area is 223 Å². The fourth-order valence-corrected chi connectivity index (χ4v) is 5.70. The quantitative estimate of drug-likeness (QED) is 0.487. The molecule has 5 heterocycles. The molecule has 1 saturated heterocycles. The molecule has 0 unspecified atom stereocenters. The molecule has 0 bridgehead atoms. The van der Waals surface area contributed by atoms with Crippen LogP contribution in [0, 0.1) is 12.7 Å². The summed E-state index contributed by atoms with van der Waals surface area (Å²) in [6.07, 6.45) is 2.27. The fraction of sp³-hybridized carbons (Fsp3) is 0.519. The minimum atomic E-state index is -2.69. The molecule has 1 spiro atoms. The van der Waals surface area contributed by atoms with Crippen molar-refractivity contribution in [3.05, 3.63) is 46.8 Å². The van der Waals surface area contributed by atoms with E-state index in [1.807, 2.05) is 13.0 Å². The summed E-state index contributed by atoms with van der Waals surface area (Å²) in [5.74, 6) is -0.410. The van der Waals surface area contributed by atoms with Gasteiger partial charge in [0.15, 0.2) is 11.6 Å². The lowest BCUT2D eigenvalue weighted by Gasteiger charge is -2.36. The Morgan fingerprint density at radius 2 is 2.03 bits per heavy atom. The third-order valence-corrected chi connectivity index (χ3v) is 8.11. The number of pyridine rings is 2. The number of carbonyl (C=O) groups excluding carboxylic acids is 1. The van der Waals surface area contributed by atoms with Gasteiger partial charge in [-0.05, 0) is 57.6 Å². The molecule has 1 amide bonds. The van der Waals surface area contributed by atoms with E-state index < -0.39 is 18.2 Å². The molecule has 12 heteroatoms. The van der Waals surface area contributed by atoms with Crippen LogP contribution in [-0.2, 0) is 11.2 Å². The van der Waals surface area contributed by atoms with Crippen molar-refractivity contribution in [2.75, 3.05) is 25.5 Å². The van der Waals surface area contributed by atoms with Crippen LogP contribution in [-0.4, -0.2) is 61.3 Å². The first-order valence-corrected chi connectivity index (χ1v) is 13.2. The normalized spacial score (nSPS) is 21.3. The van der Waals surface area contributed by atoms with Crippen molar-refractivity contribution < 1.29 is 22.7 Å². The lowest BCUT2D eigenvalue weighted by Crippen LogP contribution is -2.46. The summed E-state index contributed by atoms with van der Waals surface area (Å²) in [4.78, 5) is 27.9. The number of hydrogen-bond acceptors (Lipinski definition) is 7. The van der Waals surface area contributed by atoms with Crippen LogP contribution >= 0.6 is 0 Å². The number of anilines is 1. The van der Waals surface area contributed by atoms with Gasteiger partial charge in [-0.2, -0.15) is 5.10 Å². The molecule has 3 aromatic rings. The minimum Gasteiger partial charge on any atom is -0.481 e. The molecule has 2 aliphatic heterocycles. The Morgan fingerprint density at radius 3 is 2.74 bits per heavy atom. The van der Waals surface area contributed by atoms with Crippen LogP contribution in [0.4, 0.5) is 19.0 Å². The van der Waals surface area contributed by atoms with Gasteiger partial charge in [0.25, 0.3) is 6.43 Å². The summed E-state index contributed by atoms with van der Waals surface area (Å²) in [6, 6.07) is 3.41. The maximum absolute atomic E-state index is 14.5. The third kappa shape index (κ3) is 4.59. The number of nitrogens with one attached hydrogen (secondary N) is 1. The smallest absolute Gasteiger partial charge is 0.297 e. The Hall–Kier alpha value is -3.70. The molecule has 9 nitrogen and oxygen atoms in total. The summed E-state index contributed by atoms with van der Waals surface area (Å²) < 4.78 is 48.1. The second-order valence-corrected chi connectivity index (χ2v) is 10.8. The molecule has 3 aliphatic rings. The summed E-state index contributed by atoms with van der Waals surface area (Å²) in [7, 11) is 1.45. The molecule has 3 aromatic heterocycles. The molecule has 2 fully saturated rings. The molecule has 0 aromatic carbocycles. The van der Waals surface area contributed by atoms with Gasteiger partial charge in [-0.1, -0.05) is 0 Å². The topological polar surface area (TPSA) is 98.1 Å². The summed E-state index contributed by atoms with van der Waals surface area (Å²) in [6.45, 7) is 4.54. The first kappa shape index (κ1) is 25.6. The van der Waals surface area contributed by atoms with Gasteiger partial charge in [0, 0.05) is 30.3 Å². The molecule has 1 saturated carbocycles. The monoisotopic (exact) mass is 541 g/mol. The van der Waals surface area contributed by atoms with E-state index in [1.165, 1.54) is 17.9 Å². The van der Waals surface area contributed by atoms with Gasteiger partial charge in [-0.3, -0.25) is 4.79 Å². The van der Waals surface area contributed by atoms with Crippen molar-refractivity contribution in [3.63, 3.8) is 0 Å². The highest BCUT2D eigenvalue weighted by molar-refractivity contribution is 5.84. The molecule has 2 atom stereocenters. The second-order valence-electron chi connectivity index (χ2n) is 10.8. The number of halogens is 3. The van der Waals surface area contributed by atoms with Gasteiger partial charge in [-0.25, -0.2) is 32.8 Å². The van der Waals surface area contributed by atoms with Crippen molar-refractivity contribution >= 4 is 11.7 Å². The first-order valence-electron chi connectivity index (χ1n) is 13.2. The van der Waals surface area contributed by atoms with E-state index in [0.717, 1.165) is 43.3 Å². The number of aromatic nitrogens is 5. The van der Waals surface area contributed by atoms with E-state index in [9.17, 15) is 18.0 Å². The van der Waals surface area contributed by atoms with Crippen molar-refractivity contribution in [1.82, 2.24) is 29.6 Å². The zero-order chi connectivity index (χ0) is 27.5. The van der Waals surface area contributed by atoms with E-state index in [1.54, 1.807) is 11.8 Å². The molecular weight excluding hydrogens is 511 g/mol. The molecule has 206 valence electrons. The number of carbonyl (C=O) groups is 1. The minimum absolute atomic E-state index is 0.00418. The van der Waals surface area contributed by atoms with Gasteiger partial charge in [0.05, 0.1) is 36.5 Å². The van der Waals surface area contributed by atoms with Crippen molar-refractivity contribution in [1.29, 1.82) is 0 Å². The Bertz CT molecular complexity index is 1420. The number of aryl methyl sites for hydroxylation is 2. The molecule has 0 radical (unpaired) electrons. The second kappa shape index (κ2) is 9.49. The van der Waals surface area contributed by atoms with Crippen LogP contribution in [0.15, 0.2) is 18.3 Å². The van der Waals surface area contributed by atoms with Crippen molar-refractivity contribution in [2.24, 2.45) is 0 Å². The van der Waals surface area contributed by atoms with Crippen LogP contribution in [0.5, 0.6) is 5.88 Å². The predicted molar refractivity (Wildman–Crippen MR) is 136 cm³/mol. The molecule has 1 aliphatic carbocycles. The molecule has 6 rings (SSSR count). The molecule has 1 N–H and O–H groups in total. The number of nitrogens with zero attached hydrogens (tertiary/aromatic N) is 6. The number of likely N-dealkylation sites (tertiary alicyclic amines) is 1. The third-order valence-electron chi connectivity index (χ3n) is 8.11. The lowest BCUT2D eigenvalue weighted by molar-refractivity contribution is -0.131. The summed E-state index contributed by atoms with van der Waals surface area (Å²) in [5.41, 5.74) is 2.18. The maximum Gasteiger partial charge on any atom is 0.297 e. The van der Waals surface area contributed by atoms with E-state index in [0.29, 0.717) is 30.8 Å². The Morgan fingerprint density at radius 1 is 1.23 bits per heavy atom. The highest BCUT2D eigenvalue weighted by atomic mass is 19.3. The predicted octanol–water partition coefficient (Wildman–Crippen LogP) is 4.60. The van der Waals surface area contributed by atoms with E-state index in [4.69, 9.17) is 9.72 Å². The highest BCUT2D eigenvalue weighted by Crippen LogP contribution is 2.41. The first-order chi connectivity index (χ1) is 18.7. The highest BCUT2D eigenvalue weighted by Gasteiger charge is 2.44. The number of rotatable bonds is 6. The number of amides is 1. The average Bonchev–Trinajstić information content (AvgIpc) is 3.54. The van der Waals surface area contributed by atoms with E-state index >= 15 is 0 Å². The number of ether oxygens (including phenoxy) is 1. The zero-order valence-electron chi connectivity index (χ0n) is 22.0. The maximum atomic E-state index is 14.5. The van der Waals surface area contributed by atoms with Crippen LogP contribution < -0.4 is 10.1 Å². The number of fused-ring (bicyclic) bond motifs is 1. The largest absolute Gasteiger partial charge is 0.481 e. The zero-order valence-corrected chi connectivity index (χ0v) is 22.0. The van der Waals surface area contributed by atoms with Crippen LogP contribution in [0.2, 0.25) is 0 Å². The summed E-state index contributed by atoms with van der Waals surface area (Å²) in [5, 5.41) is 7.99. The van der Waals surface area contributed by atoms with Gasteiger partial charge in [0.2, 0.25) is 11.8 Å². The van der Waals surface area contributed by atoms with Crippen LogP contribution in [0.3, 0.4) is 0 Å². The number of hydrogen-bond donors (Lipinski definition) is 1. The van der Waals surface area contributed by atoms with Gasteiger partial charge < -0.3 is 15.0 Å². The van der Waals surface area contributed by atoms with Gasteiger partial charge >= 0.3 is 0 Å². The van der Waals surface area contributed by atoms with Gasteiger partial charge in [-0.15, -0.1) is 0 Å². The SMILES string of the molecule is COc1cc([C@@H](C)C(=O)N2CC[C@@]3(CCc4cc(-c5nc(C(F)F)n(C6CC6)n5)c(C)nc4N3)C2)c(F)cn1. The van der Waals surface area contributed by atoms with Crippen LogP contribution in [0.1, 0.15) is 73.6 Å². The molecule has 39 heavy (non-hydrogen) atoms. The number of alkyl halides is 2. The fourth-order valence-electron chi connectivity index (χ4n) is 5.70. The molecular formula is C27H30F3N7O2. The Kier molecular flexibility index (Phi) is 6.22. The van der Waals surface area contributed by atoms with Crippen molar-refractivity contribution in [3.8, 4) is 17.3 Å². The van der Waals surface area contributed by atoms with Gasteiger partial charge in [0.1, 0.15) is 11.6 Å². The van der Waals surface area contributed by atoms with E-state index in [2.05, 4.69) is 20.4 Å². The average molecular weight is 542 g/mol. The standard InChI is InChI=1S/C27H30F3N7O2/c1-14(18-11-21(39-3)31-12-20(18)28)26(38)36-9-8-27(13-36)7-6-16-10-19(15(2)32-23(16)34-27)24-33-25(22(29)30)37(35-24)17-4-5-17/h10-12,14,17,22H,4-9,13H2,1-3H3,(H,32,34)/t14-,27+/m1/s1. The Balaban J connectivity index is 1.20. The van der Waals surface area contributed by atoms with E-state index in [-0.39, 0.29) is 40.6 Å². The summed E-state index contributed by atoms with van der Waals surface area (Å²) >= 11 is 0.